The lowest BCUT2D eigenvalue weighted by Gasteiger charge is -2.05. The van der Waals surface area contributed by atoms with E-state index >= 15 is 0 Å². The van der Waals surface area contributed by atoms with Gasteiger partial charge in [0, 0.05) is 4.57 Å². The third-order valence-corrected chi connectivity index (χ3v) is 1.000. The molecule has 0 unspecified atom stereocenters. The summed E-state index contributed by atoms with van der Waals surface area (Å²) in [5.74, 6) is 0. The molecule has 0 aromatic carbocycles. The average molecular weight is 197 g/mol. The number of nitrogens with two attached hydrogens (primary N) is 2. The van der Waals surface area contributed by atoms with Crippen LogP contribution in [0.4, 0.5) is 4.79 Å². The van der Waals surface area contributed by atoms with Gasteiger partial charge in [-0.15, -0.1) is 9.79 Å². The summed E-state index contributed by atoms with van der Waals surface area (Å²) in [7, 11) is -2.87. The van der Waals surface area contributed by atoms with E-state index in [4.69, 9.17) is 19.1 Å². The molecule has 0 spiro atoms. The quantitative estimate of drug-likeness (QED) is 0.414. The summed E-state index contributed by atoms with van der Waals surface area (Å²) >= 11 is 0. The number of hydrogen-bond donors (Lipinski definition) is 4. The summed E-state index contributed by atoms with van der Waals surface area (Å²) in [6.07, 6.45) is 6.00. The molecule has 7 heteroatoms. The Labute approximate surface area is 71.5 Å². The number of primary amides is 2. The van der Waals surface area contributed by atoms with Gasteiger partial charge in [-0.3, -0.25) is 0 Å². The minimum Gasteiger partial charge on any atom is -0.352 e. The highest BCUT2D eigenvalue weighted by Crippen LogP contribution is 2.15. The van der Waals surface area contributed by atoms with Crippen molar-refractivity contribution in [3.05, 3.63) is 0 Å². The molecular weight excluding hydrogens is 183 g/mol. The summed E-state index contributed by atoms with van der Waals surface area (Å²) in [6, 6.07) is -0.833. The topological polar surface area (TPSA) is 127 Å². The van der Waals surface area contributed by atoms with Gasteiger partial charge in [0.15, 0.2) is 0 Å². The Morgan fingerprint density at radius 1 is 1.08 bits per heavy atom. The van der Waals surface area contributed by atoms with Crippen molar-refractivity contribution in [2.45, 2.75) is 25.7 Å². The normalized spacial score (nSPS) is 12.2. The highest BCUT2D eigenvalue weighted by Gasteiger charge is 1.95. The highest BCUT2D eigenvalue weighted by molar-refractivity contribution is 7.30. The first kappa shape index (κ1) is 13.9. The van der Waals surface area contributed by atoms with Crippen LogP contribution < -0.4 is 11.5 Å². The lowest BCUT2D eigenvalue weighted by molar-refractivity contribution is 0.256. The third kappa shape index (κ3) is 59.0. The van der Waals surface area contributed by atoms with Crippen molar-refractivity contribution < 1.29 is 19.1 Å². The van der Waals surface area contributed by atoms with Gasteiger partial charge < -0.3 is 11.5 Å². The molecule has 0 saturated heterocycles. The van der Waals surface area contributed by atoms with Crippen LogP contribution in [0, 0.1) is 0 Å². The summed E-state index contributed by atoms with van der Waals surface area (Å²) in [4.78, 5) is 23.2. The average Bonchev–Trinajstić information content (AvgIpc) is 1.50. The van der Waals surface area contributed by atoms with Crippen LogP contribution in [0.5, 0.6) is 0 Å². The van der Waals surface area contributed by atoms with Crippen LogP contribution in [0.3, 0.4) is 0 Å². The summed E-state index contributed by atoms with van der Waals surface area (Å²) < 4.78 is 8.70. The summed E-state index contributed by atoms with van der Waals surface area (Å²) in [5.41, 5.74) is 8.50. The third-order valence-electron chi connectivity index (χ3n) is 1.000. The first-order valence-electron chi connectivity index (χ1n) is 3.36. The Kier molecular flexibility index (Phi) is 11.9. The Morgan fingerprint density at radius 2 is 1.17 bits per heavy atom. The van der Waals surface area contributed by atoms with Crippen molar-refractivity contribution in [2.75, 3.05) is 0 Å². The maximum Gasteiger partial charge on any atom is 0.692 e. The van der Waals surface area contributed by atoms with E-state index in [1.54, 1.807) is 0 Å². The van der Waals surface area contributed by atoms with Gasteiger partial charge >= 0.3 is 14.3 Å². The number of amides is 2. The van der Waals surface area contributed by atoms with Crippen LogP contribution in [-0.2, 0) is 4.57 Å². The molecular formula is C5H14N2O4P+. The van der Waals surface area contributed by atoms with Crippen LogP contribution in [0.15, 0.2) is 0 Å². The number of carbonyl (C=O) groups is 1. The van der Waals surface area contributed by atoms with Gasteiger partial charge in [0.05, 0.1) is 0 Å². The highest BCUT2D eigenvalue weighted by atomic mass is 31.1. The smallest absolute Gasteiger partial charge is 0.352 e. The zero-order valence-corrected chi connectivity index (χ0v) is 7.54. The fourth-order valence-corrected chi connectivity index (χ4v) is 0.250. The monoisotopic (exact) mass is 197 g/mol. The maximum absolute atomic E-state index is 9.00. The summed E-state index contributed by atoms with van der Waals surface area (Å²) in [5, 5.41) is 0. The molecule has 1 aliphatic carbocycles. The van der Waals surface area contributed by atoms with Crippen LogP contribution >= 0.6 is 8.25 Å². The molecule has 1 rings (SSSR count). The van der Waals surface area contributed by atoms with Crippen LogP contribution in [0.2, 0.25) is 0 Å². The Hall–Kier alpha value is -0.710. The molecule has 72 valence electrons. The first-order chi connectivity index (χ1) is 5.46. The van der Waals surface area contributed by atoms with Gasteiger partial charge in [-0.05, 0) is 0 Å². The minimum atomic E-state index is -2.87. The molecule has 0 heterocycles. The van der Waals surface area contributed by atoms with Gasteiger partial charge in [-0.25, -0.2) is 4.79 Å². The maximum atomic E-state index is 9.00. The fourth-order valence-electron chi connectivity index (χ4n) is 0.250. The predicted molar refractivity (Wildman–Crippen MR) is 44.3 cm³/mol. The van der Waals surface area contributed by atoms with Gasteiger partial charge in [0.25, 0.3) is 0 Å². The van der Waals surface area contributed by atoms with E-state index in [9.17, 15) is 0 Å². The fraction of sp³-hybridized carbons (Fsp3) is 0.800. The number of hydrogen-bond acceptors (Lipinski definition) is 2. The SMILES string of the molecule is C1CCC1.NC(N)=O.O=[P+](O)O. The van der Waals surface area contributed by atoms with Crippen molar-refractivity contribution in [2.24, 2.45) is 11.5 Å². The second kappa shape index (κ2) is 10.3. The van der Waals surface area contributed by atoms with Crippen molar-refractivity contribution in [1.82, 2.24) is 0 Å². The van der Waals surface area contributed by atoms with E-state index in [1.807, 2.05) is 0 Å². The van der Waals surface area contributed by atoms with Gasteiger partial charge in [0.1, 0.15) is 0 Å². The zero-order chi connectivity index (χ0) is 9.98. The van der Waals surface area contributed by atoms with Gasteiger partial charge in [-0.2, -0.15) is 0 Å². The van der Waals surface area contributed by atoms with Crippen molar-refractivity contribution in [1.29, 1.82) is 0 Å². The Morgan fingerprint density at radius 3 is 1.17 bits per heavy atom. The molecule has 2 amide bonds. The van der Waals surface area contributed by atoms with E-state index in [0.717, 1.165) is 0 Å². The molecule has 1 fully saturated rings. The second-order valence-electron chi connectivity index (χ2n) is 2.07. The van der Waals surface area contributed by atoms with Crippen LogP contribution in [-0.4, -0.2) is 15.8 Å². The van der Waals surface area contributed by atoms with Crippen molar-refractivity contribution in [3.63, 3.8) is 0 Å². The molecule has 0 aromatic heterocycles. The Bertz CT molecular complexity index is 113. The number of carbonyl (C=O) groups excluding carboxylic acids is 1. The molecule has 0 aromatic rings. The second-order valence-corrected chi connectivity index (χ2v) is 2.57. The van der Waals surface area contributed by atoms with E-state index in [2.05, 4.69) is 11.5 Å². The molecule has 0 radical (unpaired) electrons. The van der Waals surface area contributed by atoms with E-state index in [0.29, 0.717) is 0 Å². The van der Waals surface area contributed by atoms with Crippen molar-refractivity contribution >= 4 is 14.3 Å². The first-order valence-corrected chi connectivity index (χ1v) is 4.53. The largest absolute Gasteiger partial charge is 0.692 e. The number of rotatable bonds is 0. The van der Waals surface area contributed by atoms with Gasteiger partial charge in [0.2, 0.25) is 0 Å². The van der Waals surface area contributed by atoms with E-state index in [-0.39, 0.29) is 0 Å². The lowest BCUT2D eigenvalue weighted by atomic mass is 10.0. The molecule has 0 aliphatic heterocycles. The summed E-state index contributed by atoms with van der Waals surface area (Å²) in [6.45, 7) is 0. The van der Waals surface area contributed by atoms with Crippen LogP contribution in [0.25, 0.3) is 0 Å². The van der Waals surface area contributed by atoms with E-state index < -0.39 is 14.3 Å². The Balaban J connectivity index is 0. The molecule has 1 saturated carbocycles. The standard InChI is InChI=1S/C4H8.CH4N2O.HO3P/c1-2-4-3-1;2-1(3)4;1-4(2)3/h1-4H2;(H4,2,3,4);(H-,1,2,3)/p+1. The van der Waals surface area contributed by atoms with Crippen LogP contribution in [0.1, 0.15) is 25.7 Å². The lowest BCUT2D eigenvalue weighted by Crippen LogP contribution is -2.18. The molecule has 6 nitrogen and oxygen atoms in total. The molecule has 1 aliphatic rings. The van der Waals surface area contributed by atoms with Gasteiger partial charge in [-0.1, -0.05) is 25.7 Å². The van der Waals surface area contributed by atoms with Crippen molar-refractivity contribution in [3.8, 4) is 0 Å². The minimum absolute atomic E-state index is 0.833. The zero-order valence-electron chi connectivity index (χ0n) is 6.64. The van der Waals surface area contributed by atoms with E-state index in [1.165, 1.54) is 25.7 Å². The molecule has 0 bridgehead atoms. The molecule has 0 atom stereocenters. The number of urea groups is 1. The predicted octanol–water partition coefficient (Wildman–Crippen LogP) is 0.213. The molecule has 12 heavy (non-hydrogen) atoms. The molecule has 6 N–H and O–H groups in total.